The molecule has 0 bridgehead atoms. The number of benzene rings is 2. The van der Waals surface area contributed by atoms with E-state index in [0.29, 0.717) is 31.2 Å². The lowest BCUT2D eigenvalue weighted by atomic mass is 9.60. The number of aliphatic carboxylic acids is 1. The number of aromatic hydroxyl groups is 1. The van der Waals surface area contributed by atoms with E-state index in [1.54, 1.807) is 38.1 Å². The zero-order valence-corrected chi connectivity index (χ0v) is 20.0. The van der Waals surface area contributed by atoms with Gasteiger partial charge in [-0.25, -0.2) is 12.8 Å². The zero-order valence-electron chi connectivity index (χ0n) is 19.2. The second-order valence-corrected chi connectivity index (χ2v) is 12.5. The number of fused-ring (bicyclic) bond motifs is 1. The Hall–Kier alpha value is -2.87. The summed E-state index contributed by atoms with van der Waals surface area (Å²) in [5, 5.41) is 20.8. The van der Waals surface area contributed by atoms with Crippen LogP contribution in [0.4, 0.5) is 4.39 Å². The van der Waals surface area contributed by atoms with E-state index in [-0.39, 0.29) is 34.9 Å². The van der Waals surface area contributed by atoms with Gasteiger partial charge in [0.1, 0.15) is 21.4 Å². The number of hydrogen-bond donors (Lipinski definition) is 2. The van der Waals surface area contributed by atoms with Gasteiger partial charge in [-0.1, -0.05) is 0 Å². The number of hydrogen-bond acceptors (Lipinski definition) is 4. The molecule has 2 aromatic carbocycles. The standard InChI is InChI=1S/C26H28FNO5S/c1-15-11-18(3-5-21(15)27)28-22-6-4-19(29)12-20(22)23(17-13-26(2,14-17)25(30)31)24(28)16-7-9-34(32,33)10-8-16/h3-6,11-12,16-17,29H,7-10,13-14H2,1-2H3,(H,30,31)/t17-,26-. The Morgan fingerprint density at radius 3 is 2.38 bits per heavy atom. The fraction of sp³-hybridized carbons (Fsp3) is 0.423. The first-order valence-electron chi connectivity index (χ1n) is 11.6. The highest BCUT2D eigenvalue weighted by Gasteiger charge is 2.49. The molecule has 8 heteroatoms. The average Bonchev–Trinajstić information content (AvgIpc) is 3.07. The number of aryl methyl sites for hydroxylation is 1. The summed E-state index contributed by atoms with van der Waals surface area (Å²) < 4.78 is 40.5. The number of carboxylic acid groups (broad SMARTS) is 1. The molecule has 1 aliphatic carbocycles. The van der Waals surface area contributed by atoms with Crippen molar-refractivity contribution in [2.45, 2.75) is 51.4 Å². The van der Waals surface area contributed by atoms with Crippen molar-refractivity contribution in [3.05, 3.63) is 59.0 Å². The van der Waals surface area contributed by atoms with Crippen LogP contribution in [0.5, 0.6) is 5.75 Å². The first-order chi connectivity index (χ1) is 16.0. The largest absolute Gasteiger partial charge is 0.508 e. The van der Waals surface area contributed by atoms with Crippen LogP contribution in [-0.2, 0) is 14.6 Å². The van der Waals surface area contributed by atoms with Gasteiger partial charge in [0.2, 0.25) is 0 Å². The summed E-state index contributed by atoms with van der Waals surface area (Å²) in [7, 11) is -3.08. The second-order valence-electron chi connectivity index (χ2n) is 10.2. The third-order valence-corrected chi connectivity index (χ3v) is 9.40. The van der Waals surface area contributed by atoms with Gasteiger partial charge in [0.05, 0.1) is 22.4 Å². The van der Waals surface area contributed by atoms with E-state index in [1.165, 1.54) is 6.07 Å². The van der Waals surface area contributed by atoms with Crippen LogP contribution in [0.25, 0.3) is 16.6 Å². The van der Waals surface area contributed by atoms with Gasteiger partial charge in [0.25, 0.3) is 0 Å². The van der Waals surface area contributed by atoms with E-state index in [2.05, 4.69) is 4.57 Å². The molecule has 1 saturated carbocycles. The Bertz CT molecular complexity index is 1400. The molecule has 0 atom stereocenters. The van der Waals surface area contributed by atoms with E-state index in [1.807, 2.05) is 6.07 Å². The summed E-state index contributed by atoms with van der Waals surface area (Å²) in [6, 6.07) is 10.1. The van der Waals surface area contributed by atoms with Crippen molar-refractivity contribution in [2.75, 3.05) is 11.5 Å². The van der Waals surface area contributed by atoms with Crippen molar-refractivity contribution in [3.8, 4) is 11.4 Å². The predicted molar refractivity (Wildman–Crippen MR) is 128 cm³/mol. The molecule has 2 fully saturated rings. The Balaban J connectivity index is 1.76. The number of carboxylic acids is 1. The van der Waals surface area contributed by atoms with Gasteiger partial charge in [0.15, 0.2) is 0 Å². The van der Waals surface area contributed by atoms with Crippen LogP contribution in [0.3, 0.4) is 0 Å². The number of halogens is 1. The van der Waals surface area contributed by atoms with Crippen molar-refractivity contribution in [1.29, 1.82) is 0 Å². The van der Waals surface area contributed by atoms with Crippen LogP contribution in [0.1, 0.15) is 61.3 Å². The molecule has 0 radical (unpaired) electrons. The summed E-state index contributed by atoms with van der Waals surface area (Å²) in [5.74, 6) is -0.890. The molecule has 0 amide bonds. The molecular weight excluding hydrogens is 457 g/mol. The Morgan fingerprint density at radius 1 is 1.09 bits per heavy atom. The van der Waals surface area contributed by atoms with Gasteiger partial charge >= 0.3 is 5.97 Å². The Morgan fingerprint density at radius 2 is 1.76 bits per heavy atom. The lowest BCUT2D eigenvalue weighted by molar-refractivity contribution is -0.154. The smallest absolute Gasteiger partial charge is 0.309 e. The van der Waals surface area contributed by atoms with Crippen LogP contribution in [0.2, 0.25) is 0 Å². The number of carbonyl (C=O) groups is 1. The molecular formula is C26H28FNO5S. The van der Waals surface area contributed by atoms with Gasteiger partial charge < -0.3 is 14.8 Å². The zero-order chi connectivity index (χ0) is 24.4. The third-order valence-electron chi connectivity index (χ3n) is 7.69. The molecule has 1 aliphatic heterocycles. The summed E-state index contributed by atoms with van der Waals surface area (Å²) in [6.45, 7) is 3.45. The third kappa shape index (κ3) is 3.68. The molecule has 0 unspecified atom stereocenters. The minimum absolute atomic E-state index is 0.0262. The van der Waals surface area contributed by atoms with Crippen LogP contribution >= 0.6 is 0 Å². The summed E-state index contributed by atoms with van der Waals surface area (Å²) in [5.41, 5.74) is 3.24. The number of aromatic nitrogens is 1. The van der Waals surface area contributed by atoms with Crippen molar-refractivity contribution in [1.82, 2.24) is 4.57 Å². The van der Waals surface area contributed by atoms with E-state index < -0.39 is 21.2 Å². The van der Waals surface area contributed by atoms with Crippen LogP contribution in [-0.4, -0.2) is 40.7 Å². The van der Waals surface area contributed by atoms with E-state index >= 15 is 0 Å². The fourth-order valence-electron chi connectivity index (χ4n) is 5.77. The van der Waals surface area contributed by atoms with Gasteiger partial charge in [-0.2, -0.15) is 0 Å². The normalized spacial score (nSPS) is 24.7. The molecule has 3 aromatic rings. The molecule has 2 heterocycles. The van der Waals surface area contributed by atoms with Crippen molar-refractivity contribution in [3.63, 3.8) is 0 Å². The second kappa shape index (κ2) is 7.83. The first kappa shape index (κ1) is 22.9. The maximum Gasteiger partial charge on any atom is 0.309 e. The molecule has 6 nitrogen and oxygen atoms in total. The van der Waals surface area contributed by atoms with E-state index in [4.69, 9.17) is 0 Å². The predicted octanol–water partition coefficient (Wildman–Crippen LogP) is 5.04. The molecule has 1 aromatic heterocycles. The first-order valence-corrected chi connectivity index (χ1v) is 13.4. The monoisotopic (exact) mass is 485 g/mol. The highest BCUT2D eigenvalue weighted by molar-refractivity contribution is 7.91. The maximum atomic E-state index is 14.1. The van der Waals surface area contributed by atoms with Crippen molar-refractivity contribution >= 4 is 26.7 Å². The van der Waals surface area contributed by atoms with Crippen LogP contribution in [0, 0.1) is 18.2 Å². The lowest BCUT2D eigenvalue weighted by Gasteiger charge is -2.43. The van der Waals surface area contributed by atoms with Gasteiger partial charge in [-0.05, 0) is 93.0 Å². The SMILES string of the molecule is Cc1cc(-n2c(C3CCS(=O)(=O)CC3)c([C@H]3C[C@](C)(C(=O)O)C3)c3cc(O)ccc32)ccc1F. The number of phenolic OH excluding ortho intramolecular Hbond substituents is 1. The highest BCUT2D eigenvalue weighted by atomic mass is 32.2. The molecule has 180 valence electrons. The van der Waals surface area contributed by atoms with Gasteiger partial charge in [0, 0.05) is 22.7 Å². The minimum Gasteiger partial charge on any atom is -0.508 e. The quantitative estimate of drug-likeness (QED) is 0.539. The van der Waals surface area contributed by atoms with Crippen molar-refractivity contribution < 1.29 is 27.8 Å². The number of sulfone groups is 1. The fourth-order valence-corrected chi connectivity index (χ4v) is 7.26. The molecule has 1 saturated heterocycles. The van der Waals surface area contributed by atoms with Crippen molar-refractivity contribution in [2.24, 2.45) is 5.41 Å². The summed E-state index contributed by atoms with van der Waals surface area (Å²) >= 11 is 0. The number of phenols is 1. The lowest BCUT2D eigenvalue weighted by Crippen LogP contribution is -2.40. The van der Waals surface area contributed by atoms with E-state index in [0.717, 1.165) is 27.8 Å². The molecule has 34 heavy (non-hydrogen) atoms. The molecule has 5 rings (SSSR count). The summed E-state index contributed by atoms with van der Waals surface area (Å²) in [4.78, 5) is 11.8. The Kier molecular flexibility index (Phi) is 5.28. The maximum absolute atomic E-state index is 14.1. The van der Waals surface area contributed by atoms with Crippen LogP contribution < -0.4 is 0 Å². The van der Waals surface area contributed by atoms with Gasteiger partial charge in [-0.15, -0.1) is 0 Å². The molecule has 0 spiro atoms. The average molecular weight is 486 g/mol. The summed E-state index contributed by atoms with van der Waals surface area (Å²) in [6.07, 6.45) is 1.89. The number of rotatable bonds is 4. The molecule has 2 aliphatic rings. The topological polar surface area (TPSA) is 96.6 Å². The Labute approximate surface area is 197 Å². The van der Waals surface area contributed by atoms with Crippen LogP contribution in [0.15, 0.2) is 36.4 Å². The minimum atomic E-state index is -3.08. The van der Waals surface area contributed by atoms with Gasteiger partial charge in [-0.3, -0.25) is 4.79 Å². The highest BCUT2D eigenvalue weighted by Crippen LogP contribution is 2.55. The number of nitrogens with zero attached hydrogens (tertiary/aromatic N) is 1. The molecule has 2 N–H and O–H groups in total. The van der Waals surface area contributed by atoms with E-state index in [9.17, 15) is 27.8 Å².